The molecule has 1 atom stereocenters. The zero-order chi connectivity index (χ0) is 20.2. The number of halogens is 1. The van der Waals surface area contributed by atoms with Gasteiger partial charge in [0.25, 0.3) is 0 Å². The van der Waals surface area contributed by atoms with E-state index in [-0.39, 0.29) is 17.6 Å². The third-order valence-corrected chi connectivity index (χ3v) is 4.48. The topological polar surface area (TPSA) is 72.7 Å². The maximum atomic E-state index is 13.3. The van der Waals surface area contributed by atoms with Crippen LogP contribution in [-0.2, 0) is 0 Å². The molecule has 1 unspecified atom stereocenters. The molecule has 0 spiro atoms. The normalized spacial score (nSPS) is 11.8. The second-order valence-electron chi connectivity index (χ2n) is 6.50. The summed E-state index contributed by atoms with van der Waals surface area (Å²) in [6.07, 6.45) is 3.90. The van der Waals surface area contributed by atoms with E-state index >= 15 is 0 Å². The van der Waals surface area contributed by atoms with Crippen LogP contribution in [0.4, 0.5) is 10.3 Å². The fraction of sp³-hybridized carbons (Fsp3) is 0.0909. The minimum absolute atomic E-state index is 0.0105. The average Bonchev–Trinajstić information content (AvgIpc) is 3.20. The number of aldehydes is 1. The van der Waals surface area contributed by atoms with Crippen LogP contribution < -0.4 is 5.32 Å². The number of rotatable bonds is 6. The Balaban J connectivity index is 1.68. The summed E-state index contributed by atoms with van der Waals surface area (Å²) in [5, 5.41) is 3.28. The van der Waals surface area contributed by atoms with E-state index in [0.29, 0.717) is 29.4 Å². The molecule has 6 nitrogen and oxygen atoms in total. The molecule has 0 aliphatic rings. The van der Waals surface area contributed by atoms with Crippen molar-refractivity contribution < 1.29 is 9.18 Å². The number of nitrogens with one attached hydrogen (secondary N) is 1. The molecule has 0 aliphatic heterocycles. The van der Waals surface area contributed by atoms with Crippen LogP contribution in [-0.4, -0.2) is 25.8 Å². The molecular weight excluding hydrogens is 369 g/mol. The molecule has 144 valence electrons. The quantitative estimate of drug-likeness (QED) is 0.495. The highest BCUT2D eigenvalue weighted by atomic mass is 19.1. The molecule has 0 aliphatic carbocycles. The molecule has 2 heterocycles. The summed E-state index contributed by atoms with van der Waals surface area (Å²) in [5.74, 6) is 1.15. The Morgan fingerprint density at radius 2 is 1.79 bits per heavy atom. The molecule has 4 rings (SSSR count). The third-order valence-electron chi connectivity index (χ3n) is 4.48. The Morgan fingerprint density at radius 3 is 2.52 bits per heavy atom. The van der Waals surface area contributed by atoms with Crippen molar-refractivity contribution in [2.45, 2.75) is 13.0 Å². The maximum absolute atomic E-state index is 13.3. The summed E-state index contributed by atoms with van der Waals surface area (Å²) in [6, 6.07) is 17.6. The number of anilines is 1. The number of benzene rings is 2. The van der Waals surface area contributed by atoms with Crippen molar-refractivity contribution in [2.24, 2.45) is 0 Å². The van der Waals surface area contributed by atoms with Crippen LogP contribution in [0.1, 0.15) is 29.0 Å². The number of aromatic nitrogens is 4. The SMILES string of the molecule is CC(Nc1nccc(-n2cc(C=O)nc2-c2ccc(F)cc2)n1)c1ccccc1. The van der Waals surface area contributed by atoms with Gasteiger partial charge in [-0.25, -0.2) is 14.4 Å². The summed E-state index contributed by atoms with van der Waals surface area (Å²) in [4.78, 5) is 24.5. The lowest BCUT2D eigenvalue weighted by Gasteiger charge is -2.15. The van der Waals surface area contributed by atoms with Gasteiger partial charge < -0.3 is 5.32 Å². The van der Waals surface area contributed by atoms with Crippen LogP contribution in [0, 0.1) is 5.82 Å². The second kappa shape index (κ2) is 8.02. The van der Waals surface area contributed by atoms with Gasteiger partial charge in [0.15, 0.2) is 6.29 Å². The molecule has 2 aromatic heterocycles. The minimum Gasteiger partial charge on any atom is -0.348 e. The Kier molecular flexibility index (Phi) is 5.11. The minimum atomic E-state index is -0.342. The van der Waals surface area contributed by atoms with Crippen molar-refractivity contribution >= 4 is 12.2 Å². The lowest BCUT2D eigenvalue weighted by Crippen LogP contribution is -2.10. The first-order valence-corrected chi connectivity index (χ1v) is 9.09. The Bertz CT molecular complexity index is 1130. The number of hydrogen-bond acceptors (Lipinski definition) is 5. The summed E-state index contributed by atoms with van der Waals surface area (Å²) in [5.41, 5.74) is 2.04. The highest BCUT2D eigenvalue weighted by molar-refractivity contribution is 5.74. The van der Waals surface area contributed by atoms with Gasteiger partial charge in [-0.3, -0.25) is 9.36 Å². The van der Waals surface area contributed by atoms with Crippen LogP contribution in [0.15, 0.2) is 73.1 Å². The molecule has 0 fully saturated rings. The second-order valence-corrected chi connectivity index (χ2v) is 6.50. The lowest BCUT2D eigenvalue weighted by atomic mass is 10.1. The maximum Gasteiger partial charge on any atom is 0.225 e. The van der Waals surface area contributed by atoms with E-state index < -0.39 is 0 Å². The first kappa shape index (κ1) is 18.5. The molecular formula is C22H18FN5O. The number of nitrogens with zero attached hydrogens (tertiary/aromatic N) is 4. The zero-order valence-corrected chi connectivity index (χ0v) is 15.7. The summed E-state index contributed by atoms with van der Waals surface area (Å²) in [7, 11) is 0. The van der Waals surface area contributed by atoms with Crippen LogP contribution in [0.25, 0.3) is 17.2 Å². The Labute approximate surface area is 167 Å². The predicted molar refractivity (Wildman–Crippen MR) is 108 cm³/mol. The predicted octanol–water partition coefficient (Wildman–Crippen LogP) is 4.45. The molecule has 0 bridgehead atoms. The molecule has 29 heavy (non-hydrogen) atoms. The molecule has 2 aromatic carbocycles. The fourth-order valence-electron chi connectivity index (χ4n) is 3.00. The van der Waals surface area contributed by atoms with E-state index in [1.54, 1.807) is 35.2 Å². The van der Waals surface area contributed by atoms with Gasteiger partial charge in [0.2, 0.25) is 5.95 Å². The molecule has 0 saturated carbocycles. The number of carbonyl (C=O) groups excluding carboxylic acids is 1. The monoisotopic (exact) mass is 387 g/mol. The van der Waals surface area contributed by atoms with Crippen LogP contribution in [0.3, 0.4) is 0 Å². The van der Waals surface area contributed by atoms with Crippen LogP contribution >= 0.6 is 0 Å². The number of hydrogen-bond donors (Lipinski definition) is 1. The van der Waals surface area contributed by atoms with Crippen LogP contribution in [0.5, 0.6) is 0 Å². The van der Waals surface area contributed by atoms with E-state index in [2.05, 4.69) is 20.3 Å². The van der Waals surface area contributed by atoms with Crippen LogP contribution in [0.2, 0.25) is 0 Å². The van der Waals surface area contributed by atoms with Crippen molar-refractivity contribution in [3.05, 3.63) is 90.1 Å². The summed E-state index contributed by atoms with van der Waals surface area (Å²) < 4.78 is 15.0. The average molecular weight is 387 g/mol. The smallest absolute Gasteiger partial charge is 0.225 e. The van der Waals surface area contributed by atoms with Crippen molar-refractivity contribution in [2.75, 3.05) is 5.32 Å². The van der Waals surface area contributed by atoms with E-state index in [4.69, 9.17) is 0 Å². The first-order chi connectivity index (χ1) is 14.1. The largest absolute Gasteiger partial charge is 0.348 e. The highest BCUT2D eigenvalue weighted by Gasteiger charge is 2.14. The number of carbonyl (C=O) groups is 1. The van der Waals surface area contributed by atoms with Gasteiger partial charge in [0.05, 0.1) is 6.04 Å². The lowest BCUT2D eigenvalue weighted by molar-refractivity contribution is 0.111. The summed E-state index contributed by atoms with van der Waals surface area (Å²) in [6.45, 7) is 2.02. The first-order valence-electron chi connectivity index (χ1n) is 9.09. The molecule has 0 radical (unpaired) electrons. The molecule has 4 aromatic rings. The zero-order valence-electron chi connectivity index (χ0n) is 15.7. The van der Waals surface area contributed by atoms with E-state index in [1.165, 1.54) is 12.1 Å². The molecule has 1 N–H and O–H groups in total. The van der Waals surface area contributed by atoms with Gasteiger partial charge in [0.1, 0.15) is 23.2 Å². The van der Waals surface area contributed by atoms with E-state index in [1.807, 2.05) is 37.3 Å². The van der Waals surface area contributed by atoms with Gasteiger partial charge in [-0.05, 0) is 42.8 Å². The molecule has 0 saturated heterocycles. The standard InChI is InChI=1S/C22H18FN5O/c1-15(16-5-3-2-4-6-16)25-22-24-12-11-20(27-22)28-13-19(14-29)26-21(28)17-7-9-18(23)10-8-17/h2-15H,1H3,(H,24,25,27). The Hall–Kier alpha value is -3.87. The summed E-state index contributed by atoms with van der Waals surface area (Å²) >= 11 is 0. The van der Waals surface area contributed by atoms with Crippen molar-refractivity contribution in [1.82, 2.24) is 19.5 Å². The van der Waals surface area contributed by atoms with Gasteiger partial charge in [-0.2, -0.15) is 4.98 Å². The van der Waals surface area contributed by atoms with E-state index in [0.717, 1.165) is 5.56 Å². The van der Waals surface area contributed by atoms with Gasteiger partial charge in [0, 0.05) is 18.0 Å². The molecule has 0 amide bonds. The number of imidazole rings is 1. The Morgan fingerprint density at radius 1 is 1.03 bits per heavy atom. The molecule has 7 heteroatoms. The van der Waals surface area contributed by atoms with Crippen molar-refractivity contribution in [3.8, 4) is 17.2 Å². The van der Waals surface area contributed by atoms with Crippen molar-refractivity contribution in [3.63, 3.8) is 0 Å². The third kappa shape index (κ3) is 4.03. The van der Waals surface area contributed by atoms with E-state index in [9.17, 15) is 9.18 Å². The highest BCUT2D eigenvalue weighted by Crippen LogP contribution is 2.23. The fourth-order valence-corrected chi connectivity index (χ4v) is 3.00. The van der Waals surface area contributed by atoms with Gasteiger partial charge in [-0.1, -0.05) is 30.3 Å². The van der Waals surface area contributed by atoms with Gasteiger partial charge >= 0.3 is 0 Å². The van der Waals surface area contributed by atoms with Gasteiger partial charge in [-0.15, -0.1) is 0 Å². The van der Waals surface area contributed by atoms with Crippen molar-refractivity contribution in [1.29, 1.82) is 0 Å².